The smallest absolute Gasteiger partial charge is 0.292 e. The number of amides is 1. The van der Waals surface area contributed by atoms with Gasteiger partial charge in [-0.05, 0) is 37.1 Å². The van der Waals surface area contributed by atoms with Crippen LogP contribution in [0.2, 0.25) is 5.02 Å². The van der Waals surface area contributed by atoms with E-state index < -0.39 is 0 Å². The maximum atomic E-state index is 12.6. The number of carbonyl (C=O) groups excluding carboxylic acids is 1. The summed E-state index contributed by atoms with van der Waals surface area (Å²) in [6.45, 7) is 1.19. The molecular formula is C19H17ClN4O3S. The third kappa shape index (κ3) is 3.79. The molecule has 9 heteroatoms. The van der Waals surface area contributed by atoms with Gasteiger partial charge in [-0.15, -0.1) is 0 Å². The van der Waals surface area contributed by atoms with E-state index in [2.05, 4.69) is 10.3 Å². The number of anilines is 2. The molecule has 0 atom stereocenters. The van der Waals surface area contributed by atoms with Gasteiger partial charge in [-0.2, -0.15) is 0 Å². The lowest BCUT2D eigenvalue weighted by Gasteiger charge is -2.32. The number of rotatable bonds is 4. The van der Waals surface area contributed by atoms with E-state index in [1.807, 2.05) is 17.0 Å². The molecule has 1 fully saturated rings. The highest BCUT2D eigenvalue weighted by Crippen LogP contribution is 2.32. The molecule has 0 saturated carbocycles. The number of nitro groups is 1. The van der Waals surface area contributed by atoms with Crippen molar-refractivity contribution in [1.82, 2.24) is 4.98 Å². The Bertz CT molecular complexity index is 1050. The Morgan fingerprint density at radius 3 is 2.75 bits per heavy atom. The van der Waals surface area contributed by atoms with Gasteiger partial charge in [0.2, 0.25) is 5.91 Å². The fraction of sp³-hybridized carbons (Fsp3) is 0.263. The van der Waals surface area contributed by atoms with Crippen LogP contribution in [0.5, 0.6) is 0 Å². The number of halogens is 1. The van der Waals surface area contributed by atoms with Gasteiger partial charge in [-0.25, -0.2) is 4.98 Å². The van der Waals surface area contributed by atoms with Crippen LogP contribution in [0.3, 0.4) is 0 Å². The average molecular weight is 417 g/mol. The number of para-hydroxylation sites is 2. The summed E-state index contributed by atoms with van der Waals surface area (Å²) in [5, 5.41) is 15.3. The number of benzene rings is 2. The summed E-state index contributed by atoms with van der Waals surface area (Å²) in [5.41, 5.74) is 1.50. The number of aromatic nitrogens is 1. The van der Waals surface area contributed by atoms with Crippen molar-refractivity contribution >= 4 is 55.6 Å². The first kappa shape index (κ1) is 18.6. The van der Waals surface area contributed by atoms with Crippen LogP contribution in [0.15, 0.2) is 42.5 Å². The van der Waals surface area contributed by atoms with E-state index in [4.69, 9.17) is 11.6 Å². The summed E-state index contributed by atoms with van der Waals surface area (Å²) >= 11 is 7.39. The molecule has 1 aliphatic rings. The van der Waals surface area contributed by atoms with Crippen molar-refractivity contribution < 1.29 is 9.72 Å². The molecule has 0 spiro atoms. The van der Waals surface area contributed by atoms with E-state index in [0.717, 1.165) is 10.2 Å². The molecule has 2 heterocycles. The summed E-state index contributed by atoms with van der Waals surface area (Å²) in [7, 11) is 0. The zero-order chi connectivity index (χ0) is 19.7. The SMILES string of the molecule is O=C(Nc1nc2ccc(Cl)cc2s1)C1CCN(c2ccccc2[N+](=O)[O-])CC1. The minimum absolute atomic E-state index is 0.0626. The van der Waals surface area contributed by atoms with Crippen LogP contribution in [0.4, 0.5) is 16.5 Å². The second kappa shape index (κ2) is 7.73. The molecule has 0 unspecified atom stereocenters. The number of nitrogens with one attached hydrogen (secondary N) is 1. The van der Waals surface area contributed by atoms with E-state index in [1.54, 1.807) is 24.3 Å². The number of hydrogen-bond donors (Lipinski definition) is 1. The summed E-state index contributed by atoms with van der Waals surface area (Å²) < 4.78 is 0.925. The maximum Gasteiger partial charge on any atom is 0.292 e. The molecule has 1 aliphatic heterocycles. The fourth-order valence-corrected chi connectivity index (χ4v) is 4.57. The van der Waals surface area contributed by atoms with E-state index in [0.29, 0.717) is 41.8 Å². The van der Waals surface area contributed by atoms with Gasteiger partial charge in [0.15, 0.2) is 5.13 Å². The van der Waals surface area contributed by atoms with Gasteiger partial charge >= 0.3 is 0 Å². The van der Waals surface area contributed by atoms with E-state index in [-0.39, 0.29) is 22.4 Å². The maximum absolute atomic E-state index is 12.6. The molecule has 1 N–H and O–H groups in total. The average Bonchev–Trinajstić information content (AvgIpc) is 3.09. The quantitative estimate of drug-likeness (QED) is 0.491. The molecule has 0 bridgehead atoms. The molecule has 1 aromatic heterocycles. The molecule has 0 aliphatic carbocycles. The Kier molecular flexibility index (Phi) is 5.15. The third-order valence-corrected chi connectivity index (χ3v) is 6.03. The number of hydrogen-bond acceptors (Lipinski definition) is 6. The van der Waals surface area contributed by atoms with Gasteiger partial charge in [0.05, 0.1) is 15.1 Å². The molecule has 7 nitrogen and oxygen atoms in total. The zero-order valence-electron chi connectivity index (χ0n) is 14.8. The lowest BCUT2D eigenvalue weighted by atomic mass is 9.95. The highest BCUT2D eigenvalue weighted by molar-refractivity contribution is 7.22. The number of carbonyl (C=O) groups is 1. The number of piperidine rings is 1. The van der Waals surface area contributed by atoms with Crippen molar-refractivity contribution in [3.05, 3.63) is 57.6 Å². The van der Waals surface area contributed by atoms with E-state index >= 15 is 0 Å². The second-order valence-corrected chi connectivity index (χ2v) is 8.09. The van der Waals surface area contributed by atoms with Gasteiger partial charge in [-0.3, -0.25) is 14.9 Å². The fourth-order valence-electron chi connectivity index (χ4n) is 3.43. The van der Waals surface area contributed by atoms with Gasteiger partial charge < -0.3 is 10.2 Å². The molecule has 2 aromatic carbocycles. The predicted octanol–water partition coefficient (Wildman–Crippen LogP) is 4.71. The van der Waals surface area contributed by atoms with E-state index in [9.17, 15) is 14.9 Å². The van der Waals surface area contributed by atoms with Crippen LogP contribution < -0.4 is 10.2 Å². The van der Waals surface area contributed by atoms with Crippen molar-refractivity contribution in [1.29, 1.82) is 0 Å². The molecule has 144 valence electrons. The number of fused-ring (bicyclic) bond motifs is 1. The summed E-state index contributed by atoms with van der Waals surface area (Å²) in [5.74, 6) is -0.206. The van der Waals surface area contributed by atoms with Crippen LogP contribution in [0.1, 0.15) is 12.8 Å². The van der Waals surface area contributed by atoms with Crippen LogP contribution in [-0.2, 0) is 4.79 Å². The van der Waals surface area contributed by atoms with Gasteiger partial charge in [0.1, 0.15) is 5.69 Å². The molecule has 4 rings (SSSR count). The lowest BCUT2D eigenvalue weighted by Crippen LogP contribution is -2.38. The molecule has 1 saturated heterocycles. The van der Waals surface area contributed by atoms with Gasteiger partial charge in [-0.1, -0.05) is 35.1 Å². The van der Waals surface area contributed by atoms with Crippen molar-refractivity contribution in [2.75, 3.05) is 23.3 Å². The minimum atomic E-state index is -0.368. The highest BCUT2D eigenvalue weighted by Gasteiger charge is 2.28. The zero-order valence-corrected chi connectivity index (χ0v) is 16.4. The van der Waals surface area contributed by atoms with E-state index in [1.165, 1.54) is 17.4 Å². The van der Waals surface area contributed by atoms with Gasteiger partial charge in [0, 0.05) is 30.1 Å². The molecule has 3 aromatic rings. The molecular weight excluding hydrogens is 400 g/mol. The number of thiazole rings is 1. The summed E-state index contributed by atoms with van der Waals surface area (Å²) in [6, 6.07) is 12.1. The van der Waals surface area contributed by atoms with Crippen LogP contribution >= 0.6 is 22.9 Å². The topological polar surface area (TPSA) is 88.4 Å². The predicted molar refractivity (Wildman–Crippen MR) is 111 cm³/mol. The molecule has 28 heavy (non-hydrogen) atoms. The molecule has 0 radical (unpaired) electrons. The largest absolute Gasteiger partial charge is 0.366 e. The first-order chi connectivity index (χ1) is 13.5. The highest BCUT2D eigenvalue weighted by atomic mass is 35.5. The Hall–Kier alpha value is -2.71. The molecule has 1 amide bonds. The standard InChI is InChI=1S/C19H17ClN4O3S/c20-13-5-6-14-17(11-13)28-19(21-14)22-18(25)12-7-9-23(10-8-12)15-3-1-2-4-16(15)24(26)27/h1-6,11-12H,7-10H2,(H,21,22,25). The van der Waals surface area contributed by atoms with Gasteiger partial charge in [0.25, 0.3) is 5.69 Å². The van der Waals surface area contributed by atoms with Crippen LogP contribution in [-0.4, -0.2) is 28.9 Å². The normalized spacial score (nSPS) is 15.0. The number of nitrogens with zero attached hydrogens (tertiary/aromatic N) is 3. The Balaban J connectivity index is 1.40. The summed E-state index contributed by atoms with van der Waals surface area (Å²) in [6.07, 6.45) is 1.27. The Morgan fingerprint density at radius 1 is 1.25 bits per heavy atom. The second-order valence-electron chi connectivity index (χ2n) is 6.63. The Labute approximate surface area is 170 Å². The summed E-state index contributed by atoms with van der Waals surface area (Å²) in [4.78, 5) is 29.9. The van der Waals surface area contributed by atoms with Crippen LogP contribution in [0, 0.1) is 16.0 Å². The third-order valence-electron chi connectivity index (χ3n) is 4.87. The van der Waals surface area contributed by atoms with Crippen molar-refractivity contribution in [3.8, 4) is 0 Å². The van der Waals surface area contributed by atoms with Crippen LogP contribution in [0.25, 0.3) is 10.2 Å². The first-order valence-electron chi connectivity index (χ1n) is 8.86. The van der Waals surface area contributed by atoms with Crippen molar-refractivity contribution in [2.24, 2.45) is 5.92 Å². The Morgan fingerprint density at radius 2 is 2.00 bits per heavy atom. The van der Waals surface area contributed by atoms with Crippen molar-refractivity contribution in [3.63, 3.8) is 0 Å². The van der Waals surface area contributed by atoms with Crippen molar-refractivity contribution in [2.45, 2.75) is 12.8 Å². The minimum Gasteiger partial charge on any atom is -0.366 e. The lowest BCUT2D eigenvalue weighted by molar-refractivity contribution is -0.384. The number of nitro benzene ring substituents is 1. The monoisotopic (exact) mass is 416 g/mol. The first-order valence-corrected chi connectivity index (χ1v) is 10.1.